The Hall–Kier alpha value is -4.62. The van der Waals surface area contributed by atoms with Crippen LogP contribution < -0.4 is 5.32 Å². The highest BCUT2D eigenvalue weighted by molar-refractivity contribution is 5.86. The van der Waals surface area contributed by atoms with E-state index in [-0.39, 0.29) is 5.91 Å². The van der Waals surface area contributed by atoms with Gasteiger partial charge in [-0.05, 0) is 29.8 Å². The van der Waals surface area contributed by atoms with Crippen molar-refractivity contribution < 1.29 is 4.79 Å². The lowest BCUT2D eigenvalue weighted by atomic mass is 10.1. The van der Waals surface area contributed by atoms with Gasteiger partial charge in [0.15, 0.2) is 0 Å². The van der Waals surface area contributed by atoms with E-state index in [1.807, 2.05) is 49.8 Å². The number of amides is 1. The SMILES string of the molecule is C=CC(=O)NCc1ccc(C#Cc2cc(-c3cnn(C)c3)cn3ncc(C#N)c23)cc1. The van der Waals surface area contributed by atoms with Gasteiger partial charge in [0.1, 0.15) is 6.07 Å². The zero-order valence-corrected chi connectivity index (χ0v) is 16.8. The van der Waals surface area contributed by atoms with E-state index in [0.717, 1.165) is 22.3 Å². The van der Waals surface area contributed by atoms with Crippen LogP contribution in [0.4, 0.5) is 0 Å². The number of aryl methyl sites for hydroxylation is 1. The van der Waals surface area contributed by atoms with Crippen molar-refractivity contribution in [2.75, 3.05) is 0 Å². The molecule has 0 radical (unpaired) electrons. The number of hydrogen-bond donors (Lipinski definition) is 1. The molecule has 3 heterocycles. The summed E-state index contributed by atoms with van der Waals surface area (Å²) in [6, 6.07) is 11.7. The van der Waals surface area contributed by atoms with Gasteiger partial charge in [-0.25, -0.2) is 4.52 Å². The number of fused-ring (bicyclic) bond motifs is 1. The summed E-state index contributed by atoms with van der Waals surface area (Å²) in [5.41, 5.74) is 5.48. The summed E-state index contributed by atoms with van der Waals surface area (Å²) < 4.78 is 3.41. The molecule has 7 heteroatoms. The Kier molecular flexibility index (Phi) is 5.33. The van der Waals surface area contributed by atoms with Gasteiger partial charge in [-0.1, -0.05) is 30.6 Å². The maximum atomic E-state index is 11.3. The molecule has 0 bridgehead atoms. The molecule has 1 N–H and O–H groups in total. The van der Waals surface area contributed by atoms with Gasteiger partial charge in [0.25, 0.3) is 0 Å². The number of carbonyl (C=O) groups excluding carboxylic acids is 1. The average molecular weight is 406 g/mol. The van der Waals surface area contributed by atoms with E-state index in [1.165, 1.54) is 6.08 Å². The van der Waals surface area contributed by atoms with E-state index in [2.05, 4.69) is 40.0 Å². The zero-order chi connectivity index (χ0) is 21.8. The highest BCUT2D eigenvalue weighted by Gasteiger charge is 2.11. The van der Waals surface area contributed by atoms with E-state index in [4.69, 9.17) is 0 Å². The van der Waals surface area contributed by atoms with Crippen LogP contribution in [0.2, 0.25) is 0 Å². The van der Waals surface area contributed by atoms with Crippen molar-refractivity contribution in [3.63, 3.8) is 0 Å². The molecule has 4 rings (SSSR count). The Morgan fingerprint density at radius 1 is 1.13 bits per heavy atom. The van der Waals surface area contributed by atoms with Crippen LogP contribution in [0.15, 0.2) is 67.8 Å². The second-order valence-electron chi connectivity index (χ2n) is 6.88. The van der Waals surface area contributed by atoms with Gasteiger partial charge < -0.3 is 5.32 Å². The third kappa shape index (κ3) is 4.21. The summed E-state index contributed by atoms with van der Waals surface area (Å²) in [6.45, 7) is 3.86. The predicted molar refractivity (Wildman–Crippen MR) is 117 cm³/mol. The van der Waals surface area contributed by atoms with Gasteiger partial charge in [-0.2, -0.15) is 15.5 Å². The molecular weight excluding hydrogens is 388 g/mol. The summed E-state index contributed by atoms with van der Waals surface area (Å²) in [4.78, 5) is 11.3. The Labute approximate surface area is 179 Å². The molecule has 0 saturated carbocycles. The number of rotatable bonds is 4. The van der Waals surface area contributed by atoms with Crippen LogP contribution in [0.25, 0.3) is 16.6 Å². The Morgan fingerprint density at radius 2 is 1.94 bits per heavy atom. The Morgan fingerprint density at radius 3 is 2.61 bits per heavy atom. The predicted octanol–water partition coefficient (Wildman–Crippen LogP) is 2.81. The molecule has 0 saturated heterocycles. The molecule has 150 valence electrons. The highest BCUT2D eigenvalue weighted by Crippen LogP contribution is 2.24. The van der Waals surface area contributed by atoms with Crippen molar-refractivity contribution in [3.05, 3.63) is 90.0 Å². The summed E-state index contributed by atoms with van der Waals surface area (Å²) in [5.74, 6) is 6.13. The van der Waals surface area contributed by atoms with Crippen molar-refractivity contribution in [2.45, 2.75) is 6.54 Å². The lowest BCUT2D eigenvalue weighted by Gasteiger charge is -2.04. The normalized spacial score (nSPS) is 10.2. The first kappa shape index (κ1) is 19.7. The number of nitrogens with one attached hydrogen (secondary N) is 1. The standard InChI is InChI=1S/C24H18N6O/c1-3-23(31)26-12-18-6-4-17(5-7-18)8-9-19-10-20(22-14-27-29(2)15-22)16-30-24(19)21(11-25)13-28-30/h3-7,10,13-16H,1,12H2,2H3,(H,26,31). The molecule has 1 amide bonds. The molecule has 0 unspecified atom stereocenters. The van der Waals surface area contributed by atoms with Gasteiger partial charge in [0, 0.05) is 42.7 Å². The monoisotopic (exact) mass is 406 g/mol. The van der Waals surface area contributed by atoms with E-state index in [0.29, 0.717) is 23.2 Å². The summed E-state index contributed by atoms with van der Waals surface area (Å²) in [6.07, 6.45) is 8.34. The van der Waals surface area contributed by atoms with E-state index < -0.39 is 0 Å². The highest BCUT2D eigenvalue weighted by atomic mass is 16.1. The van der Waals surface area contributed by atoms with Crippen LogP contribution in [-0.4, -0.2) is 25.3 Å². The largest absolute Gasteiger partial charge is 0.348 e. The molecule has 1 aromatic carbocycles. The minimum Gasteiger partial charge on any atom is -0.348 e. The van der Waals surface area contributed by atoms with Crippen molar-refractivity contribution >= 4 is 11.4 Å². The Bertz CT molecular complexity index is 1390. The first-order chi connectivity index (χ1) is 15.1. The number of aromatic nitrogens is 4. The van der Waals surface area contributed by atoms with Crippen LogP contribution in [0, 0.1) is 23.2 Å². The van der Waals surface area contributed by atoms with Gasteiger partial charge in [0.05, 0.1) is 29.0 Å². The second-order valence-corrected chi connectivity index (χ2v) is 6.88. The van der Waals surface area contributed by atoms with Gasteiger partial charge in [0.2, 0.25) is 5.91 Å². The van der Waals surface area contributed by atoms with Gasteiger partial charge >= 0.3 is 0 Å². The fraction of sp³-hybridized carbons (Fsp3) is 0.0833. The van der Waals surface area contributed by atoms with Crippen molar-refractivity contribution in [2.24, 2.45) is 7.05 Å². The third-order valence-corrected chi connectivity index (χ3v) is 4.72. The lowest BCUT2D eigenvalue weighted by Crippen LogP contribution is -2.19. The maximum Gasteiger partial charge on any atom is 0.243 e. The summed E-state index contributed by atoms with van der Waals surface area (Å²) in [5, 5.41) is 20.7. The van der Waals surface area contributed by atoms with Crippen LogP contribution in [0.1, 0.15) is 22.3 Å². The molecule has 0 atom stereocenters. The lowest BCUT2D eigenvalue weighted by molar-refractivity contribution is -0.116. The van der Waals surface area contributed by atoms with Crippen molar-refractivity contribution in [3.8, 4) is 29.0 Å². The number of nitrogens with zero attached hydrogens (tertiary/aromatic N) is 5. The molecule has 0 aliphatic carbocycles. The van der Waals surface area contributed by atoms with E-state index in [9.17, 15) is 10.1 Å². The molecule has 7 nitrogen and oxygen atoms in total. The minimum atomic E-state index is -0.213. The molecule has 0 fully saturated rings. The van der Waals surface area contributed by atoms with E-state index in [1.54, 1.807) is 21.6 Å². The molecule has 3 aromatic heterocycles. The molecular formula is C24H18N6O. The number of nitriles is 1. The zero-order valence-electron chi connectivity index (χ0n) is 16.8. The fourth-order valence-corrected chi connectivity index (χ4v) is 3.13. The first-order valence-corrected chi connectivity index (χ1v) is 9.49. The first-order valence-electron chi connectivity index (χ1n) is 9.49. The summed E-state index contributed by atoms with van der Waals surface area (Å²) >= 11 is 0. The molecule has 0 spiro atoms. The number of pyridine rings is 1. The number of carbonyl (C=O) groups is 1. The molecule has 31 heavy (non-hydrogen) atoms. The van der Waals surface area contributed by atoms with Crippen molar-refractivity contribution in [1.82, 2.24) is 24.7 Å². The molecule has 4 aromatic rings. The molecule has 0 aliphatic rings. The van der Waals surface area contributed by atoms with Crippen LogP contribution >= 0.6 is 0 Å². The minimum absolute atomic E-state index is 0.213. The van der Waals surface area contributed by atoms with Gasteiger partial charge in [-0.15, -0.1) is 0 Å². The quantitative estimate of drug-likeness (QED) is 0.417. The molecule has 0 aliphatic heterocycles. The number of benzene rings is 1. The van der Waals surface area contributed by atoms with Crippen LogP contribution in [-0.2, 0) is 18.4 Å². The average Bonchev–Trinajstić information content (AvgIpc) is 3.42. The number of hydrogen-bond acceptors (Lipinski definition) is 4. The topological polar surface area (TPSA) is 88.0 Å². The smallest absolute Gasteiger partial charge is 0.243 e. The summed E-state index contributed by atoms with van der Waals surface area (Å²) in [7, 11) is 1.86. The van der Waals surface area contributed by atoms with Crippen molar-refractivity contribution in [1.29, 1.82) is 5.26 Å². The Balaban J connectivity index is 1.69. The van der Waals surface area contributed by atoms with E-state index >= 15 is 0 Å². The second kappa shape index (κ2) is 8.40. The van der Waals surface area contributed by atoms with Crippen LogP contribution in [0.5, 0.6) is 0 Å². The third-order valence-electron chi connectivity index (χ3n) is 4.72. The maximum absolute atomic E-state index is 11.3. The van der Waals surface area contributed by atoms with Crippen LogP contribution in [0.3, 0.4) is 0 Å². The van der Waals surface area contributed by atoms with Gasteiger partial charge in [-0.3, -0.25) is 9.48 Å². The fourth-order valence-electron chi connectivity index (χ4n) is 3.13.